The van der Waals surface area contributed by atoms with E-state index in [0.717, 1.165) is 15.6 Å². The maximum absolute atomic E-state index is 12.6. The Morgan fingerprint density at radius 1 is 1.10 bits per heavy atom. The number of ketones is 1. The van der Waals surface area contributed by atoms with Crippen LogP contribution in [0.15, 0.2) is 46.9 Å². The monoisotopic (exact) mass is 328 g/mol. The first-order chi connectivity index (χ1) is 9.66. The summed E-state index contributed by atoms with van der Waals surface area (Å²) in [5.74, 6) is -0.683. The standard InChI is InChI=1S/C16H9BrO3/c17-9-6-4-8(5-7-9)14(18)13-10-2-1-3-11-12(10)15(13)20-16(11)19/h1-7,13,15H. The largest absolute Gasteiger partial charge is 0.453 e. The minimum Gasteiger partial charge on any atom is -0.453 e. The molecule has 1 aliphatic heterocycles. The van der Waals surface area contributed by atoms with Crippen LogP contribution < -0.4 is 0 Å². The zero-order chi connectivity index (χ0) is 13.9. The van der Waals surface area contributed by atoms with Gasteiger partial charge in [0, 0.05) is 15.6 Å². The summed E-state index contributed by atoms with van der Waals surface area (Å²) < 4.78 is 6.25. The highest BCUT2D eigenvalue weighted by molar-refractivity contribution is 9.10. The molecule has 2 atom stereocenters. The van der Waals surface area contributed by atoms with Crippen LogP contribution in [0.5, 0.6) is 0 Å². The number of carbonyl (C=O) groups excluding carboxylic acids is 2. The molecule has 2 aromatic rings. The minimum atomic E-state index is -0.398. The van der Waals surface area contributed by atoms with E-state index in [4.69, 9.17) is 4.74 Å². The fourth-order valence-electron chi connectivity index (χ4n) is 2.96. The highest BCUT2D eigenvalue weighted by atomic mass is 79.9. The maximum atomic E-state index is 12.6. The van der Waals surface area contributed by atoms with Crippen molar-refractivity contribution in [3.8, 4) is 0 Å². The third-order valence-electron chi connectivity index (χ3n) is 3.93. The third-order valence-corrected chi connectivity index (χ3v) is 4.46. The molecule has 0 saturated heterocycles. The number of ether oxygens (including phenoxy) is 1. The zero-order valence-corrected chi connectivity index (χ0v) is 11.9. The van der Waals surface area contributed by atoms with Crippen molar-refractivity contribution in [3.05, 3.63) is 69.2 Å². The van der Waals surface area contributed by atoms with Crippen LogP contribution in [0.1, 0.15) is 43.9 Å². The molecule has 0 N–H and O–H groups in total. The molecule has 0 fully saturated rings. The van der Waals surface area contributed by atoms with Gasteiger partial charge >= 0.3 is 5.97 Å². The Balaban J connectivity index is 1.75. The molecule has 4 rings (SSSR count). The molecule has 0 amide bonds. The second-order valence-corrected chi connectivity index (χ2v) is 5.90. The molecule has 20 heavy (non-hydrogen) atoms. The summed E-state index contributed by atoms with van der Waals surface area (Å²) in [7, 11) is 0. The van der Waals surface area contributed by atoms with Crippen molar-refractivity contribution in [2.45, 2.75) is 12.0 Å². The summed E-state index contributed by atoms with van der Waals surface area (Å²) >= 11 is 3.35. The maximum Gasteiger partial charge on any atom is 0.339 e. The van der Waals surface area contributed by atoms with Gasteiger partial charge in [0.15, 0.2) is 5.78 Å². The predicted molar refractivity (Wildman–Crippen MR) is 75.8 cm³/mol. The lowest BCUT2D eigenvalue weighted by molar-refractivity contribution is 0.0268. The van der Waals surface area contributed by atoms with E-state index < -0.39 is 6.10 Å². The number of benzene rings is 2. The zero-order valence-electron chi connectivity index (χ0n) is 10.3. The van der Waals surface area contributed by atoms with Crippen LogP contribution in [0.3, 0.4) is 0 Å². The summed E-state index contributed by atoms with van der Waals surface area (Å²) in [5, 5.41) is 0. The van der Waals surface area contributed by atoms with Crippen LogP contribution in [-0.2, 0) is 4.74 Å². The van der Waals surface area contributed by atoms with Crippen LogP contribution in [0.4, 0.5) is 0 Å². The van der Waals surface area contributed by atoms with E-state index in [0.29, 0.717) is 11.1 Å². The fraction of sp³-hybridized carbons (Fsp3) is 0.125. The van der Waals surface area contributed by atoms with Crippen LogP contribution in [-0.4, -0.2) is 11.8 Å². The van der Waals surface area contributed by atoms with E-state index in [-0.39, 0.29) is 17.7 Å². The Labute approximate surface area is 123 Å². The van der Waals surface area contributed by atoms with Crippen molar-refractivity contribution >= 4 is 27.7 Å². The molecule has 0 bridgehead atoms. The average Bonchev–Trinajstić information content (AvgIpc) is 2.75. The fourth-order valence-corrected chi connectivity index (χ4v) is 3.23. The van der Waals surface area contributed by atoms with Crippen molar-refractivity contribution in [1.29, 1.82) is 0 Å². The van der Waals surface area contributed by atoms with Gasteiger partial charge in [-0.3, -0.25) is 4.79 Å². The van der Waals surface area contributed by atoms with Gasteiger partial charge in [0.1, 0.15) is 6.10 Å². The summed E-state index contributed by atoms with van der Waals surface area (Å²) in [6.45, 7) is 0. The third kappa shape index (κ3) is 1.45. The number of carbonyl (C=O) groups is 2. The number of hydrogen-bond donors (Lipinski definition) is 0. The summed E-state index contributed by atoms with van der Waals surface area (Å²) in [6, 6.07) is 12.7. The van der Waals surface area contributed by atoms with Crippen LogP contribution in [0.2, 0.25) is 0 Å². The van der Waals surface area contributed by atoms with E-state index >= 15 is 0 Å². The molecule has 0 saturated carbocycles. The molecule has 1 aliphatic carbocycles. The number of Topliss-reactive ketones (excluding diaryl/α,β-unsaturated/α-hetero) is 1. The molecule has 2 unspecified atom stereocenters. The summed E-state index contributed by atoms with van der Waals surface area (Å²) in [6.07, 6.45) is -0.398. The molecular formula is C16H9BrO3. The van der Waals surface area contributed by atoms with Crippen LogP contribution in [0, 0.1) is 0 Å². The molecule has 1 heterocycles. The Morgan fingerprint density at radius 3 is 2.60 bits per heavy atom. The van der Waals surface area contributed by atoms with Gasteiger partial charge in [0.2, 0.25) is 0 Å². The first-order valence-corrected chi connectivity index (χ1v) is 7.09. The van der Waals surface area contributed by atoms with Crippen molar-refractivity contribution in [2.75, 3.05) is 0 Å². The summed E-state index contributed by atoms with van der Waals surface area (Å²) in [4.78, 5) is 24.3. The smallest absolute Gasteiger partial charge is 0.339 e. The molecule has 3 nitrogen and oxygen atoms in total. The van der Waals surface area contributed by atoms with Gasteiger partial charge < -0.3 is 4.74 Å². The number of rotatable bonds is 2. The van der Waals surface area contributed by atoms with E-state index in [1.54, 1.807) is 24.3 Å². The summed E-state index contributed by atoms with van der Waals surface area (Å²) in [5.41, 5.74) is 3.06. The first-order valence-electron chi connectivity index (χ1n) is 6.30. The molecule has 98 valence electrons. The van der Waals surface area contributed by atoms with Gasteiger partial charge in [0.25, 0.3) is 0 Å². The lowest BCUT2D eigenvalue weighted by Gasteiger charge is -2.33. The van der Waals surface area contributed by atoms with Crippen molar-refractivity contribution in [2.24, 2.45) is 0 Å². The normalized spacial score (nSPS) is 21.9. The Hall–Kier alpha value is -1.94. The van der Waals surface area contributed by atoms with E-state index in [2.05, 4.69) is 15.9 Å². The lowest BCUT2D eigenvalue weighted by Crippen LogP contribution is -2.30. The minimum absolute atomic E-state index is 0.00171. The Kier molecular flexibility index (Phi) is 2.39. The molecule has 4 heteroatoms. The second-order valence-electron chi connectivity index (χ2n) is 4.98. The average molecular weight is 329 g/mol. The van der Waals surface area contributed by atoms with E-state index in [9.17, 15) is 9.59 Å². The predicted octanol–water partition coefficient (Wildman–Crippen LogP) is 3.64. The molecule has 2 aliphatic rings. The number of hydrogen-bond acceptors (Lipinski definition) is 3. The van der Waals surface area contributed by atoms with Gasteiger partial charge in [0.05, 0.1) is 11.5 Å². The van der Waals surface area contributed by atoms with Crippen molar-refractivity contribution < 1.29 is 14.3 Å². The number of halogens is 1. The van der Waals surface area contributed by atoms with Crippen molar-refractivity contribution in [1.82, 2.24) is 0 Å². The second kappa shape index (κ2) is 4.03. The quantitative estimate of drug-likeness (QED) is 0.624. The van der Waals surface area contributed by atoms with E-state index in [1.807, 2.05) is 18.2 Å². The van der Waals surface area contributed by atoms with Gasteiger partial charge in [-0.1, -0.05) is 40.2 Å². The highest BCUT2D eigenvalue weighted by Crippen LogP contribution is 2.54. The van der Waals surface area contributed by atoms with Crippen LogP contribution >= 0.6 is 15.9 Å². The Morgan fingerprint density at radius 2 is 1.85 bits per heavy atom. The topological polar surface area (TPSA) is 43.4 Å². The molecule has 0 spiro atoms. The SMILES string of the molecule is O=C1OC2c3c1cccc3C2C(=O)c1ccc(Br)cc1. The highest BCUT2D eigenvalue weighted by Gasteiger charge is 2.51. The Bertz CT molecular complexity index is 749. The number of esters is 1. The van der Waals surface area contributed by atoms with Crippen LogP contribution in [0.25, 0.3) is 0 Å². The van der Waals surface area contributed by atoms with E-state index in [1.165, 1.54) is 0 Å². The molecule has 2 aromatic carbocycles. The van der Waals surface area contributed by atoms with Crippen molar-refractivity contribution in [3.63, 3.8) is 0 Å². The molecular weight excluding hydrogens is 320 g/mol. The lowest BCUT2D eigenvalue weighted by atomic mass is 9.70. The molecule has 0 radical (unpaired) electrons. The van der Waals surface area contributed by atoms with Gasteiger partial charge in [-0.25, -0.2) is 4.79 Å². The van der Waals surface area contributed by atoms with Gasteiger partial charge in [-0.2, -0.15) is 0 Å². The first kappa shape index (κ1) is 11.9. The van der Waals surface area contributed by atoms with Gasteiger partial charge in [-0.15, -0.1) is 0 Å². The van der Waals surface area contributed by atoms with Gasteiger partial charge in [-0.05, 0) is 23.8 Å². The molecule has 0 aromatic heterocycles.